The highest BCUT2D eigenvalue weighted by atomic mass is 79.9. The molecule has 1 heterocycles. The zero-order valence-corrected chi connectivity index (χ0v) is 17.5. The van der Waals surface area contributed by atoms with E-state index in [1.807, 2.05) is 29.6 Å². The van der Waals surface area contributed by atoms with E-state index in [0.29, 0.717) is 5.69 Å². The predicted octanol–water partition coefficient (Wildman–Crippen LogP) is 3.71. The standard InChI is InChI=1S/C19H17BrN2O3S2/c20-15-6-4-5-14(11-15)19-22-16(13-26-19)12-18(23)21-9-10-27(24,25)17-7-2-1-3-8-17/h1-8,11,13H,9-10,12H2,(H,21,23). The van der Waals surface area contributed by atoms with Crippen LogP contribution >= 0.6 is 27.3 Å². The van der Waals surface area contributed by atoms with Gasteiger partial charge in [-0.25, -0.2) is 13.4 Å². The second-order valence-electron chi connectivity index (χ2n) is 5.81. The van der Waals surface area contributed by atoms with Crippen LogP contribution in [0.1, 0.15) is 5.69 Å². The first-order chi connectivity index (χ1) is 12.9. The summed E-state index contributed by atoms with van der Waals surface area (Å²) in [6.07, 6.45) is 0.121. The molecule has 0 aliphatic carbocycles. The Kier molecular flexibility index (Phi) is 6.41. The number of aromatic nitrogens is 1. The number of hydrogen-bond donors (Lipinski definition) is 1. The molecule has 1 amide bonds. The lowest BCUT2D eigenvalue weighted by atomic mass is 10.2. The van der Waals surface area contributed by atoms with E-state index in [9.17, 15) is 13.2 Å². The highest BCUT2D eigenvalue weighted by molar-refractivity contribution is 9.10. The van der Waals surface area contributed by atoms with Crippen LogP contribution in [0.3, 0.4) is 0 Å². The molecule has 0 saturated heterocycles. The summed E-state index contributed by atoms with van der Waals surface area (Å²) in [5.41, 5.74) is 1.65. The molecule has 1 aromatic heterocycles. The number of hydrogen-bond acceptors (Lipinski definition) is 5. The van der Waals surface area contributed by atoms with E-state index in [1.54, 1.807) is 30.3 Å². The molecule has 5 nitrogen and oxygen atoms in total. The monoisotopic (exact) mass is 464 g/mol. The van der Waals surface area contributed by atoms with Gasteiger partial charge in [0.05, 0.1) is 22.8 Å². The molecule has 0 radical (unpaired) electrons. The van der Waals surface area contributed by atoms with Gasteiger partial charge in [-0.2, -0.15) is 0 Å². The number of carbonyl (C=O) groups is 1. The van der Waals surface area contributed by atoms with Gasteiger partial charge in [0.25, 0.3) is 0 Å². The van der Waals surface area contributed by atoms with Crippen LogP contribution in [0.4, 0.5) is 0 Å². The van der Waals surface area contributed by atoms with Crippen LogP contribution in [0.15, 0.2) is 69.3 Å². The number of amides is 1. The number of halogens is 1. The molecule has 3 aromatic rings. The molecule has 0 bridgehead atoms. The smallest absolute Gasteiger partial charge is 0.226 e. The average Bonchev–Trinajstić information content (AvgIpc) is 3.11. The van der Waals surface area contributed by atoms with Crippen LogP contribution in [-0.2, 0) is 21.1 Å². The van der Waals surface area contributed by atoms with Crippen LogP contribution < -0.4 is 5.32 Å². The van der Waals surface area contributed by atoms with Gasteiger partial charge < -0.3 is 5.32 Å². The van der Waals surface area contributed by atoms with Gasteiger partial charge in [-0.05, 0) is 24.3 Å². The fourth-order valence-corrected chi connectivity index (χ4v) is 4.83. The van der Waals surface area contributed by atoms with E-state index < -0.39 is 9.84 Å². The maximum atomic E-state index is 12.2. The minimum Gasteiger partial charge on any atom is -0.355 e. The summed E-state index contributed by atoms with van der Waals surface area (Å²) >= 11 is 4.90. The first kappa shape index (κ1) is 19.7. The normalized spacial score (nSPS) is 11.3. The number of rotatable bonds is 7. The molecule has 1 N–H and O–H groups in total. The Hall–Kier alpha value is -2.03. The summed E-state index contributed by atoms with van der Waals surface area (Å²) in [6, 6.07) is 16.0. The molecule has 0 spiro atoms. The van der Waals surface area contributed by atoms with Crippen molar-refractivity contribution in [2.24, 2.45) is 0 Å². The third-order valence-electron chi connectivity index (χ3n) is 3.76. The Morgan fingerprint density at radius 1 is 1.11 bits per heavy atom. The first-order valence-electron chi connectivity index (χ1n) is 8.19. The first-order valence-corrected chi connectivity index (χ1v) is 11.5. The molecular formula is C19H17BrN2O3S2. The number of nitrogens with zero attached hydrogens (tertiary/aromatic N) is 1. The van der Waals surface area contributed by atoms with E-state index in [4.69, 9.17) is 0 Å². The molecule has 3 rings (SSSR count). The van der Waals surface area contributed by atoms with Crippen LogP contribution in [-0.4, -0.2) is 31.6 Å². The summed E-state index contributed by atoms with van der Waals surface area (Å²) in [7, 11) is -3.40. The number of carbonyl (C=O) groups excluding carboxylic acids is 1. The Labute approximate surface area is 170 Å². The van der Waals surface area contributed by atoms with Crippen molar-refractivity contribution in [3.05, 3.63) is 70.1 Å². The molecule has 0 atom stereocenters. The quantitative estimate of drug-likeness (QED) is 0.578. The van der Waals surface area contributed by atoms with Crippen molar-refractivity contribution in [1.82, 2.24) is 10.3 Å². The van der Waals surface area contributed by atoms with Crippen LogP contribution in [0.25, 0.3) is 10.6 Å². The second kappa shape index (κ2) is 8.77. The molecule has 0 aliphatic rings. The van der Waals surface area contributed by atoms with Gasteiger partial charge in [0.15, 0.2) is 9.84 Å². The van der Waals surface area contributed by atoms with Crippen LogP contribution in [0.5, 0.6) is 0 Å². The molecular weight excluding hydrogens is 448 g/mol. The SMILES string of the molecule is O=C(Cc1csc(-c2cccc(Br)c2)n1)NCCS(=O)(=O)c1ccccc1. The van der Waals surface area contributed by atoms with Gasteiger partial charge in [0, 0.05) is 22.0 Å². The fourth-order valence-electron chi connectivity index (χ4n) is 2.44. The molecule has 0 saturated carbocycles. The Balaban J connectivity index is 1.53. The van der Waals surface area contributed by atoms with Crippen LogP contribution in [0, 0.1) is 0 Å². The topological polar surface area (TPSA) is 76.1 Å². The number of thiazole rings is 1. The highest BCUT2D eigenvalue weighted by Gasteiger charge is 2.15. The fraction of sp³-hybridized carbons (Fsp3) is 0.158. The molecule has 0 unspecified atom stereocenters. The molecule has 0 fully saturated rings. The van der Waals surface area contributed by atoms with Gasteiger partial charge in [-0.15, -0.1) is 11.3 Å². The predicted molar refractivity (Wildman–Crippen MR) is 110 cm³/mol. The van der Waals surface area contributed by atoms with Gasteiger partial charge in [0.1, 0.15) is 5.01 Å². The lowest BCUT2D eigenvalue weighted by molar-refractivity contribution is -0.120. The third-order valence-corrected chi connectivity index (χ3v) is 6.93. The summed E-state index contributed by atoms with van der Waals surface area (Å²) in [4.78, 5) is 16.8. The minimum atomic E-state index is -3.40. The zero-order valence-electron chi connectivity index (χ0n) is 14.3. The van der Waals surface area contributed by atoms with E-state index in [0.717, 1.165) is 15.0 Å². The van der Waals surface area contributed by atoms with Crippen molar-refractivity contribution in [3.63, 3.8) is 0 Å². The zero-order chi connectivity index (χ0) is 19.3. The van der Waals surface area contributed by atoms with Gasteiger partial charge >= 0.3 is 0 Å². The number of sulfone groups is 1. The Bertz CT molecular complexity index is 1030. The van der Waals surface area contributed by atoms with E-state index in [-0.39, 0.29) is 29.5 Å². The summed E-state index contributed by atoms with van der Waals surface area (Å²) in [5.74, 6) is -0.382. The maximum Gasteiger partial charge on any atom is 0.226 e. The van der Waals surface area contributed by atoms with Gasteiger partial charge in [0.2, 0.25) is 5.91 Å². The van der Waals surface area contributed by atoms with E-state index in [2.05, 4.69) is 26.2 Å². The number of nitrogens with one attached hydrogen (secondary N) is 1. The van der Waals surface area contributed by atoms with Crippen molar-refractivity contribution >= 4 is 43.0 Å². The lowest BCUT2D eigenvalue weighted by Gasteiger charge is -2.06. The average molecular weight is 465 g/mol. The molecule has 27 heavy (non-hydrogen) atoms. The molecule has 2 aromatic carbocycles. The summed E-state index contributed by atoms with van der Waals surface area (Å²) < 4.78 is 25.4. The minimum absolute atomic E-state index is 0.0681. The van der Waals surface area contributed by atoms with Crippen molar-refractivity contribution in [2.75, 3.05) is 12.3 Å². The largest absolute Gasteiger partial charge is 0.355 e. The van der Waals surface area contributed by atoms with Crippen molar-refractivity contribution in [3.8, 4) is 10.6 Å². The van der Waals surface area contributed by atoms with Gasteiger partial charge in [-0.3, -0.25) is 4.79 Å². The summed E-state index contributed by atoms with van der Waals surface area (Å²) in [6.45, 7) is 0.0681. The van der Waals surface area contributed by atoms with Crippen molar-refractivity contribution < 1.29 is 13.2 Å². The highest BCUT2D eigenvalue weighted by Crippen LogP contribution is 2.26. The second-order valence-corrected chi connectivity index (χ2v) is 9.70. The Morgan fingerprint density at radius 2 is 1.89 bits per heavy atom. The van der Waals surface area contributed by atoms with Crippen LogP contribution in [0.2, 0.25) is 0 Å². The molecule has 8 heteroatoms. The van der Waals surface area contributed by atoms with E-state index >= 15 is 0 Å². The van der Waals surface area contributed by atoms with Gasteiger partial charge in [-0.1, -0.05) is 46.3 Å². The molecule has 0 aliphatic heterocycles. The van der Waals surface area contributed by atoms with Crippen molar-refractivity contribution in [1.29, 1.82) is 0 Å². The lowest BCUT2D eigenvalue weighted by Crippen LogP contribution is -2.30. The Morgan fingerprint density at radius 3 is 2.63 bits per heavy atom. The number of benzene rings is 2. The third kappa shape index (κ3) is 5.47. The maximum absolute atomic E-state index is 12.2. The van der Waals surface area contributed by atoms with Crippen molar-refractivity contribution in [2.45, 2.75) is 11.3 Å². The summed E-state index contributed by atoms with van der Waals surface area (Å²) in [5, 5.41) is 5.34. The van der Waals surface area contributed by atoms with E-state index in [1.165, 1.54) is 11.3 Å². The molecule has 140 valence electrons.